The summed E-state index contributed by atoms with van der Waals surface area (Å²) in [5.74, 6) is 0. The van der Waals surface area contributed by atoms with Crippen LogP contribution in [0.1, 0.15) is 0 Å². The molecule has 0 aromatic carbocycles. The van der Waals surface area contributed by atoms with E-state index in [0.29, 0.717) is 0 Å². The van der Waals surface area contributed by atoms with Gasteiger partial charge >= 0.3 is 21.0 Å². The molecule has 0 aromatic rings. The minimum atomic E-state index is 1.00. The third kappa shape index (κ3) is 35.7. The van der Waals surface area contributed by atoms with Crippen molar-refractivity contribution in [3.63, 3.8) is 0 Å². The molecule has 0 unspecified atom stereocenters. The molecule has 0 rings (SSSR count). The van der Waals surface area contributed by atoms with Gasteiger partial charge in [0.2, 0.25) is 0 Å². The molecule has 0 amide bonds. The van der Waals surface area contributed by atoms with Crippen LogP contribution >= 0.6 is 0 Å². The van der Waals surface area contributed by atoms with Crippen LogP contribution in [0.4, 0.5) is 0 Å². The molecule has 0 aliphatic rings. The van der Waals surface area contributed by atoms with Crippen molar-refractivity contribution in [2.75, 3.05) is 7.11 Å². The summed E-state index contributed by atoms with van der Waals surface area (Å²) in [6, 6.07) is 0. The Morgan fingerprint density at radius 1 is 1.50 bits per heavy atom. The van der Waals surface area contributed by atoms with Gasteiger partial charge in [0.05, 0.1) is 0 Å². The van der Waals surface area contributed by atoms with Crippen molar-refractivity contribution in [1.29, 1.82) is 0 Å². The van der Waals surface area contributed by atoms with Crippen molar-refractivity contribution >= 4 is 0 Å². The topological polar surface area (TPSA) is 37.3 Å². The zero-order valence-electron chi connectivity index (χ0n) is 2.30. The van der Waals surface area contributed by atoms with Crippen LogP contribution in [-0.2, 0) is 21.0 Å². The Hall–Kier alpha value is 0.344. The third-order valence-corrected chi connectivity index (χ3v) is 0. The molecule has 0 aliphatic carbocycles. The Morgan fingerprint density at radius 3 is 1.50 bits per heavy atom. The summed E-state index contributed by atoms with van der Waals surface area (Å²) in [5.41, 5.74) is 0. The molecule has 0 heterocycles. The third-order valence-electron chi connectivity index (χ3n) is 0. The van der Waals surface area contributed by atoms with Crippen LogP contribution in [0.2, 0.25) is 0 Å². The van der Waals surface area contributed by atoms with Crippen LogP contribution in [0.25, 0.3) is 0 Å². The van der Waals surface area contributed by atoms with E-state index < -0.39 is 0 Å². The number of hydrogen-bond acceptors (Lipinski definition) is 2. The Labute approximate surface area is 34.0 Å². The number of rotatable bonds is 0. The summed E-state index contributed by atoms with van der Waals surface area (Å²) in [5, 5.41) is 7.00. The maximum atomic E-state index is 8.19. The van der Waals surface area contributed by atoms with E-state index in [-0.39, 0.29) is 0 Å². The van der Waals surface area contributed by atoms with E-state index in [0.717, 1.165) is 24.5 Å². The standard InChI is InChI=1S/CH4O.O.V/c1-2;;/h2H,1H3;;. The van der Waals surface area contributed by atoms with Gasteiger partial charge in [0.1, 0.15) is 0 Å². The van der Waals surface area contributed by atoms with E-state index in [9.17, 15) is 0 Å². The Morgan fingerprint density at radius 2 is 1.50 bits per heavy atom. The first kappa shape index (κ1) is 8.84. The van der Waals surface area contributed by atoms with Crippen molar-refractivity contribution < 1.29 is 26.1 Å². The second-order valence-corrected chi connectivity index (χ2v) is 0. The summed E-state index contributed by atoms with van der Waals surface area (Å²) in [6.45, 7) is 0. The van der Waals surface area contributed by atoms with Crippen LogP contribution in [0.5, 0.6) is 0 Å². The summed E-state index contributed by atoms with van der Waals surface area (Å²) >= 11 is 1.06. The van der Waals surface area contributed by atoms with Gasteiger partial charge in [-0.2, -0.15) is 0 Å². The number of aliphatic hydroxyl groups is 1. The Balaban J connectivity index is 0. The van der Waals surface area contributed by atoms with Crippen LogP contribution in [0.15, 0.2) is 0 Å². The Bertz CT molecular complexity index is 6.00. The molecule has 0 atom stereocenters. The first-order chi connectivity index (χ1) is 2.00. The minimum absolute atomic E-state index is 1.00. The van der Waals surface area contributed by atoms with Crippen LogP contribution in [0.3, 0.4) is 0 Å². The average Bonchev–Trinajstić information content (AvgIpc) is 1.50. The zero-order valence-corrected chi connectivity index (χ0v) is 3.70. The predicted molar refractivity (Wildman–Crippen MR) is 8.83 cm³/mol. The first-order valence-corrected chi connectivity index (χ1v) is 1.20. The van der Waals surface area contributed by atoms with Gasteiger partial charge in [0, 0.05) is 7.11 Å². The van der Waals surface area contributed by atoms with Crippen molar-refractivity contribution in [3.05, 3.63) is 0 Å². The molecule has 0 radical (unpaired) electrons. The predicted octanol–water partition coefficient (Wildman–Crippen LogP) is -0.513. The van der Waals surface area contributed by atoms with Gasteiger partial charge in [-0.3, -0.25) is 0 Å². The van der Waals surface area contributed by atoms with Gasteiger partial charge in [0.25, 0.3) is 0 Å². The second kappa shape index (κ2) is 155. The second-order valence-electron chi connectivity index (χ2n) is 0. The van der Waals surface area contributed by atoms with E-state index in [1.165, 1.54) is 0 Å². The van der Waals surface area contributed by atoms with Crippen molar-refractivity contribution in [2.24, 2.45) is 0 Å². The molecule has 2 nitrogen and oxygen atoms in total. The van der Waals surface area contributed by atoms with E-state index in [1.54, 1.807) is 0 Å². The van der Waals surface area contributed by atoms with Crippen molar-refractivity contribution in [2.45, 2.75) is 0 Å². The van der Waals surface area contributed by atoms with Gasteiger partial charge in [0.15, 0.2) is 0 Å². The van der Waals surface area contributed by atoms with Gasteiger partial charge in [-0.25, -0.2) is 0 Å². The zero-order chi connectivity index (χ0) is 4.00. The van der Waals surface area contributed by atoms with Gasteiger partial charge in [-0.15, -0.1) is 0 Å². The molecular formula is CH4O2V. The summed E-state index contributed by atoms with van der Waals surface area (Å²) in [7, 11) is 1.00. The molecular weight excluding hydrogens is 95.0 g/mol. The normalized spacial score (nSPS) is 2.25. The number of hydrogen-bond donors (Lipinski definition) is 1. The van der Waals surface area contributed by atoms with E-state index >= 15 is 0 Å². The molecule has 25 valence electrons. The molecule has 1 N–H and O–H groups in total. The first-order valence-electron chi connectivity index (χ1n) is 0.630. The fraction of sp³-hybridized carbons (Fsp3) is 1.00. The summed E-state index contributed by atoms with van der Waals surface area (Å²) in [4.78, 5) is 0. The van der Waals surface area contributed by atoms with Gasteiger partial charge in [-0.1, -0.05) is 0 Å². The molecule has 3 heteroatoms. The molecule has 0 aromatic heterocycles. The molecule has 0 fully saturated rings. The maximum absolute atomic E-state index is 8.19. The van der Waals surface area contributed by atoms with Crippen molar-refractivity contribution in [3.8, 4) is 0 Å². The average molecular weight is 99.0 g/mol. The molecule has 4 heavy (non-hydrogen) atoms. The molecule has 0 aliphatic heterocycles. The van der Waals surface area contributed by atoms with Crippen molar-refractivity contribution in [1.82, 2.24) is 0 Å². The van der Waals surface area contributed by atoms with Crippen LogP contribution in [0, 0.1) is 0 Å². The van der Waals surface area contributed by atoms with Gasteiger partial charge < -0.3 is 5.11 Å². The van der Waals surface area contributed by atoms with Crippen LogP contribution in [-0.4, -0.2) is 12.2 Å². The van der Waals surface area contributed by atoms with E-state index in [1.807, 2.05) is 0 Å². The van der Waals surface area contributed by atoms with Crippen LogP contribution < -0.4 is 0 Å². The monoisotopic (exact) mass is 99.0 g/mol. The Kier molecular flexibility index (Phi) is 343. The SMILES string of the molecule is CO.[O]=[V]. The number of aliphatic hydroxyl groups excluding tert-OH is 1. The molecule has 0 saturated carbocycles. The van der Waals surface area contributed by atoms with Gasteiger partial charge in [-0.05, 0) is 0 Å². The molecule has 0 saturated heterocycles. The molecule has 0 bridgehead atoms. The summed E-state index contributed by atoms with van der Waals surface area (Å²) in [6.07, 6.45) is 0. The molecule has 0 spiro atoms. The fourth-order valence-corrected chi connectivity index (χ4v) is 0. The van der Waals surface area contributed by atoms with E-state index in [2.05, 4.69) is 0 Å². The quantitative estimate of drug-likeness (QED) is 0.444. The van der Waals surface area contributed by atoms with E-state index in [4.69, 9.17) is 8.78 Å². The fourth-order valence-electron chi connectivity index (χ4n) is 0. The summed E-state index contributed by atoms with van der Waals surface area (Å²) < 4.78 is 8.19.